The van der Waals surface area contributed by atoms with Crippen molar-refractivity contribution in [1.82, 2.24) is 0 Å². The number of halogens is 2. The zero-order valence-electron chi connectivity index (χ0n) is 10.7. The molecule has 0 heterocycles. The van der Waals surface area contributed by atoms with E-state index in [1.165, 1.54) is 11.9 Å². The number of hydrogen-bond acceptors (Lipinski definition) is 6. The van der Waals surface area contributed by atoms with E-state index in [1.807, 2.05) is 0 Å². The lowest BCUT2D eigenvalue weighted by atomic mass is 10.2. The summed E-state index contributed by atoms with van der Waals surface area (Å²) in [5, 5.41) is 10.6. The Morgan fingerprint density at radius 3 is 2.60 bits per heavy atom. The van der Waals surface area contributed by atoms with Gasteiger partial charge in [-0.15, -0.1) is 0 Å². The van der Waals surface area contributed by atoms with E-state index in [4.69, 9.17) is 11.6 Å². The highest BCUT2D eigenvalue weighted by atomic mass is 35.5. The van der Waals surface area contributed by atoms with Crippen LogP contribution in [0.15, 0.2) is 12.1 Å². The second-order valence-corrected chi connectivity index (χ2v) is 6.01. The molecule has 0 fully saturated rings. The molecule has 0 spiro atoms. The summed E-state index contributed by atoms with van der Waals surface area (Å²) in [7, 11) is -2.12. The highest BCUT2D eigenvalue weighted by Gasteiger charge is 2.20. The van der Waals surface area contributed by atoms with Gasteiger partial charge in [0.15, 0.2) is 0 Å². The zero-order valence-corrected chi connectivity index (χ0v) is 12.2. The number of benzene rings is 1. The van der Waals surface area contributed by atoms with Crippen LogP contribution in [0.25, 0.3) is 0 Å². The maximum atomic E-state index is 13.2. The summed E-state index contributed by atoms with van der Waals surface area (Å²) >= 11 is 5.59. The van der Waals surface area contributed by atoms with Crippen molar-refractivity contribution in [2.24, 2.45) is 0 Å². The average Bonchev–Trinajstić information content (AvgIpc) is 2.29. The smallest absolute Gasteiger partial charge is 0.295 e. The molecule has 20 heavy (non-hydrogen) atoms. The molecule has 112 valence electrons. The van der Waals surface area contributed by atoms with Crippen LogP contribution >= 0.6 is 11.6 Å². The van der Waals surface area contributed by atoms with E-state index < -0.39 is 26.5 Å². The number of likely N-dealkylation sites (N-methyl/N-ethyl adjacent to an activating group) is 1. The second-order valence-electron chi connectivity index (χ2n) is 3.96. The van der Waals surface area contributed by atoms with E-state index in [2.05, 4.69) is 4.18 Å². The van der Waals surface area contributed by atoms with E-state index in [0.29, 0.717) is 6.07 Å². The molecule has 1 rings (SSSR count). The zero-order chi connectivity index (χ0) is 15.5. The highest BCUT2D eigenvalue weighted by molar-refractivity contribution is 7.85. The third-order valence-corrected chi connectivity index (χ3v) is 3.23. The van der Waals surface area contributed by atoms with Gasteiger partial charge in [-0.1, -0.05) is 11.6 Å². The molecule has 0 amide bonds. The molecule has 0 aliphatic heterocycles. The predicted octanol–water partition coefficient (Wildman–Crippen LogP) is 1.80. The van der Waals surface area contributed by atoms with Crippen molar-refractivity contribution < 1.29 is 21.9 Å². The molecule has 10 heteroatoms. The third kappa shape index (κ3) is 4.58. The fourth-order valence-electron chi connectivity index (χ4n) is 1.42. The van der Waals surface area contributed by atoms with Gasteiger partial charge in [0.05, 0.1) is 28.9 Å². The summed E-state index contributed by atoms with van der Waals surface area (Å²) in [4.78, 5) is 11.5. The van der Waals surface area contributed by atoms with Crippen LogP contribution < -0.4 is 4.90 Å². The maximum Gasteiger partial charge on any atom is 0.295 e. The van der Waals surface area contributed by atoms with Gasteiger partial charge in [-0.2, -0.15) is 8.42 Å². The molecular formula is C10H12ClFN2O5S. The van der Waals surface area contributed by atoms with E-state index in [-0.39, 0.29) is 23.9 Å². The summed E-state index contributed by atoms with van der Waals surface area (Å²) in [6.07, 6.45) is 0.893. The quantitative estimate of drug-likeness (QED) is 0.450. The molecule has 7 nitrogen and oxygen atoms in total. The van der Waals surface area contributed by atoms with Gasteiger partial charge in [0.25, 0.3) is 15.8 Å². The summed E-state index contributed by atoms with van der Waals surface area (Å²) in [6.45, 7) is -0.142. The fraction of sp³-hybridized carbons (Fsp3) is 0.400. The number of rotatable bonds is 6. The first-order valence-corrected chi connectivity index (χ1v) is 7.50. The molecule has 0 aromatic heterocycles. The van der Waals surface area contributed by atoms with Crippen molar-refractivity contribution in [2.45, 2.75) is 0 Å². The van der Waals surface area contributed by atoms with E-state index in [1.54, 1.807) is 0 Å². The SMILES string of the molecule is CN(CCOS(C)(=O)=O)c1cc(Cl)c(F)cc1[N+](=O)[O-]. The van der Waals surface area contributed by atoms with Crippen molar-refractivity contribution in [3.63, 3.8) is 0 Å². The number of nitro groups is 1. The van der Waals surface area contributed by atoms with Crippen LogP contribution in [-0.4, -0.2) is 39.8 Å². The summed E-state index contributed by atoms with van der Waals surface area (Å²) < 4.78 is 39.4. The first-order chi connectivity index (χ1) is 9.11. The minimum Gasteiger partial charge on any atom is -0.367 e. The van der Waals surface area contributed by atoms with Crippen LogP contribution in [0, 0.1) is 15.9 Å². The van der Waals surface area contributed by atoms with Crippen LogP contribution in [0.4, 0.5) is 15.8 Å². The lowest BCUT2D eigenvalue weighted by Crippen LogP contribution is -2.24. The van der Waals surface area contributed by atoms with Crippen molar-refractivity contribution in [1.29, 1.82) is 0 Å². The summed E-state index contributed by atoms with van der Waals surface area (Å²) in [5.41, 5.74) is -0.396. The molecule has 0 saturated heterocycles. The predicted molar refractivity (Wildman–Crippen MR) is 72.1 cm³/mol. The topological polar surface area (TPSA) is 89.8 Å². The largest absolute Gasteiger partial charge is 0.367 e. The Morgan fingerprint density at radius 1 is 1.50 bits per heavy atom. The molecule has 0 radical (unpaired) electrons. The minimum atomic E-state index is -3.59. The van der Waals surface area contributed by atoms with Crippen molar-refractivity contribution in [3.05, 3.63) is 33.1 Å². The van der Waals surface area contributed by atoms with Crippen molar-refractivity contribution in [3.8, 4) is 0 Å². The van der Waals surface area contributed by atoms with Gasteiger partial charge in [0.1, 0.15) is 11.5 Å². The van der Waals surface area contributed by atoms with Crippen LogP contribution in [-0.2, 0) is 14.3 Å². The van der Waals surface area contributed by atoms with Gasteiger partial charge in [-0.3, -0.25) is 14.3 Å². The fourth-order valence-corrected chi connectivity index (χ4v) is 1.96. The normalized spacial score (nSPS) is 11.4. The molecule has 0 aliphatic rings. The number of nitro benzene ring substituents is 1. The standard InChI is InChI=1S/C10H12ClFN2O5S/c1-13(3-4-19-20(2,17)18)9-5-7(11)8(12)6-10(9)14(15)16/h5-6H,3-4H2,1-2H3. The number of nitrogens with zero attached hydrogens (tertiary/aromatic N) is 2. The lowest BCUT2D eigenvalue weighted by molar-refractivity contribution is -0.384. The van der Waals surface area contributed by atoms with Crippen LogP contribution in [0.3, 0.4) is 0 Å². The number of hydrogen-bond donors (Lipinski definition) is 0. The molecule has 0 unspecified atom stereocenters. The molecular weight excluding hydrogens is 315 g/mol. The van der Waals surface area contributed by atoms with Gasteiger partial charge < -0.3 is 4.90 Å². The monoisotopic (exact) mass is 326 g/mol. The summed E-state index contributed by atoms with van der Waals surface area (Å²) in [5.74, 6) is -0.900. The molecule has 0 aliphatic carbocycles. The van der Waals surface area contributed by atoms with E-state index in [0.717, 1.165) is 12.3 Å². The first-order valence-electron chi connectivity index (χ1n) is 5.31. The Labute approximate surface area is 120 Å². The van der Waals surface area contributed by atoms with Crippen LogP contribution in [0.5, 0.6) is 0 Å². The molecule has 1 aromatic rings. The Morgan fingerprint density at radius 2 is 2.10 bits per heavy atom. The Bertz CT molecular complexity index is 622. The van der Waals surface area contributed by atoms with Gasteiger partial charge in [0.2, 0.25) is 0 Å². The van der Waals surface area contributed by atoms with Gasteiger partial charge >= 0.3 is 0 Å². The Hall–Kier alpha value is -1.45. The van der Waals surface area contributed by atoms with Crippen molar-refractivity contribution in [2.75, 3.05) is 31.4 Å². The maximum absolute atomic E-state index is 13.2. The van der Waals surface area contributed by atoms with Gasteiger partial charge in [0, 0.05) is 13.6 Å². The third-order valence-electron chi connectivity index (χ3n) is 2.35. The van der Waals surface area contributed by atoms with Gasteiger partial charge in [-0.05, 0) is 6.07 Å². The molecule has 0 saturated carbocycles. The minimum absolute atomic E-state index is 0.0515. The Balaban J connectivity index is 2.94. The number of anilines is 1. The molecule has 0 bridgehead atoms. The highest BCUT2D eigenvalue weighted by Crippen LogP contribution is 2.32. The molecule has 1 aromatic carbocycles. The molecule has 0 N–H and O–H groups in total. The lowest BCUT2D eigenvalue weighted by Gasteiger charge is -2.19. The van der Waals surface area contributed by atoms with Crippen LogP contribution in [0.2, 0.25) is 5.02 Å². The second kappa shape index (κ2) is 6.33. The van der Waals surface area contributed by atoms with E-state index in [9.17, 15) is 22.9 Å². The van der Waals surface area contributed by atoms with Crippen LogP contribution in [0.1, 0.15) is 0 Å². The average molecular weight is 327 g/mol. The van der Waals surface area contributed by atoms with E-state index >= 15 is 0 Å². The first kappa shape index (κ1) is 16.6. The molecule has 0 atom stereocenters. The summed E-state index contributed by atoms with van der Waals surface area (Å²) in [6, 6.07) is 1.82. The van der Waals surface area contributed by atoms with Crippen molar-refractivity contribution >= 4 is 33.1 Å². The Kier molecular flexibility index (Phi) is 5.26. The van der Waals surface area contributed by atoms with Gasteiger partial charge in [-0.25, -0.2) is 4.39 Å².